The molecule has 0 aliphatic rings. The molecule has 0 saturated heterocycles. The quantitative estimate of drug-likeness (QED) is 0.202. The summed E-state index contributed by atoms with van der Waals surface area (Å²) in [5.74, 6) is 0. The Morgan fingerprint density at radius 3 is 1.52 bits per heavy atom. The summed E-state index contributed by atoms with van der Waals surface area (Å²) in [5, 5.41) is 14.9. The molecule has 0 bridgehead atoms. The molecule has 3 nitrogen and oxygen atoms in total. The van der Waals surface area contributed by atoms with E-state index in [-0.39, 0.29) is 0 Å². The molecule has 0 amide bonds. The predicted octanol–water partition coefficient (Wildman–Crippen LogP) is 11.1. The van der Waals surface area contributed by atoms with E-state index in [2.05, 4.69) is 155 Å². The van der Waals surface area contributed by atoms with E-state index < -0.39 is 0 Å². The Balaban J connectivity index is 1.45. The summed E-state index contributed by atoms with van der Waals surface area (Å²) < 4.78 is 4.81. The van der Waals surface area contributed by atoms with Crippen molar-refractivity contribution >= 4 is 43.6 Å². The Kier molecular flexibility index (Phi) is 5.88. The van der Waals surface area contributed by atoms with E-state index in [1.54, 1.807) is 0 Å². The normalized spacial score (nSPS) is 11.5. The minimum atomic E-state index is 0.660. The van der Waals surface area contributed by atoms with Crippen LogP contribution in [0, 0.1) is 11.3 Å². The molecule has 0 spiro atoms. The van der Waals surface area contributed by atoms with Gasteiger partial charge in [0, 0.05) is 49.5 Å². The van der Waals surface area contributed by atoms with Crippen molar-refractivity contribution < 1.29 is 0 Å². The zero-order valence-electron chi connectivity index (χ0n) is 24.9. The largest absolute Gasteiger partial charge is 0.309 e. The van der Waals surface area contributed by atoms with Crippen molar-refractivity contribution in [2.75, 3.05) is 0 Å². The van der Waals surface area contributed by atoms with Gasteiger partial charge in [-0.05, 0) is 36.4 Å². The lowest BCUT2D eigenvalue weighted by Gasteiger charge is -2.17. The number of rotatable bonds is 4. The molecular weight excluding hydrogens is 558 g/mol. The van der Waals surface area contributed by atoms with Gasteiger partial charge in [0.25, 0.3) is 0 Å². The molecule has 0 N–H and O–H groups in total. The van der Waals surface area contributed by atoms with Crippen LogP contribution in [0.4, 0.5) is 0 Å². The van der Waals surface area contributed by atoms with Crippen molar-refractivity contribution in [2.45, 2.75) is 0 Å². The van der Waals surface area contributed by atoms with Gasteiger partial charge in [-0.25, -0.2) is 0 Å². The van der Waals surface area contributed by atoms with Crippen molar-refractivity contribution in [3.63, 3.8) is 0 Å². The Morgan fingerprint density at radius 1 is 0.370 bits per heavy atom. The molecule has 0 radical (unpaired) electrons. The van der Waals surface area contributed by atoms with Crippen molar-refractivity contribution in [1.29, 1.82) is 5.26 Å². The fourth-order valence-electron chi connectivity index (χ4n) is 7.28. The number of fused-ring (bicyclic) bond motifs is 6. The third kappa shape index (κ3) is 3.78. The fraction of sp³-hybridized carbons (Fsp3) is 0. The summed E-state index contributed by atoms with van der Waals surface area (Å²) >= 11 is 0. The topological polar surface area (TPSA) is 33.6 Å². The first-order valence-corrected chi connectivity index (χ1v) is 15.5. The molecule has 2 heterocycles. The number of nitrogens with zero attached hydrogens (tertiary/aromatic N) is 3. The van der Waals surface area contributed by atoms with Gasteiger partial charge in [0.15, 0.2) is 0 Å². The van der Waals surface area contributed by atoms with E-state index in [1.165, 1.54) is 38.1 Å². The number of nitriles is 1. The molecule has 0 fully saturated rings. The number of benzene rings is 7. The van der Waals surface area contributed by atoms with Gasteiger partial charge in [-0.2, -0.15) is 5.26 Å². The van der Waals surface area contributed by atoms with Crippen molar-refractivity contribution in [1.82, 2.24) is 9.13 Å². The minimum Gasteiger partial charge on any atom is -0.309 e. The van der Waals surface area contributed by atoms with Crippen LogP contribution in [0.1, 0.15) is 5.56 Å². The highest BCUT2D eigenvalue weighted by molar-refractivity contribution is 6.19. The summed E-state index contributed by atoms with van der Waals surface area (Å²) in [4.78, 5) is 0. The maximum atomic E-state index is 10.1. The number of hydrogen-bond donors (Lipinski definition) is 0. The zero-order valence-corrected chi connectivity index (χ0v) is 24.9. The van der Waals surface area contributed by atoms with Crippen LogP contribution in [-0.4, -0.2) is 9.13 Å². The second kappa shape index (κ2) is 10.4. The molecule has 9 aromatic rings. The van der Waals surface area contributed by atoms with Crippen LogP contribution in [0.3, 0.4) is 0 Å². The van der Waals surface area contributed by atoms with E-state index in [4.69, 9.17) is 0 Å². The zero-order chi connectivity index (χ0) is 30.6. The average Bonchev–Trinajstić information content (AvgIpc) is 3.65. The Bertz CT molecular complexity index is 2650. The van der Waals surface area contributed by atoms with E-state index in [0.717, 1.165) is 39.1 Å². The van der Waals surface area contributed by atoms with Crippen LogP contribution >= 0.6 is 0 Å². The highest BCUT2D eigenvalue weighted by Gasteiger charge is 2.22. The van der Waals surface area contributed by atoms with Gasteiger partial charge in [-0.1, -0.05) is 127 Å². The van der Waals surface area contributed by atoms with E-state index in [9.17, 15) is 5.26 Å². The molecule has 7 aromatic carbocycles. The molecule has 0 aliphatic carbocycles. The van der Waals surface area contributed by atoms with E-state index in [1.807, 2.05) is 24.3 Å². The summed E-state index contributed by atoms with van der Waals surface area (Å²) in [7, 11) is 0. The summed E-state index contributed by atoms with van der Waals surface area (Å²) in [5.41, 5.74) is 11.7. The number of para-hydroxylation sites is 6. The lowest BCUT2D eigenvalue weighted by atomic mass is 9.97. The SMILES string of the molecule is N#Cc1ccccc1-c1ccccc1-n1c2ccccc2c2cccc(-c3cccc4c5ccccc5n(-c5ccccc5)c34)c21. The fourth-order valence-corrected chi connectivity index (χ4v) is 7.28. The average molecular weight is 586 g/mol. The van der Waals surface area contributed by atoms with Crippen LogP contribution in [0.15, 0.2) is 164 Å². The second-order valence-electron chi connectivity index (χ2n) is 11.6. The standard InChI is InChI=1S/C43H27N3/c44-28-29-14-4-5-17-31(29)32-18-6-10-26-40(32)46-41-27-11-8-20-34(41)36-22-13-24-38(43(36)46)37-23-12-21-35-33-19-7-9-25-39(33)45(42(35)37)30-15-2-1-3-16-30/h1-27H. The maximum absolute atomic E-state index is 10.1. The lowest BCUT2D eigenvalue weighted by Crippen LogP contribution is -2.00. The third-order valence-electron chi connectivity index (χ3n) is 9.18. The van der Waals surface area contributed by atoms with Gasteiger partial charge in [0.2, 0.25) is 0 Å². The smallest absolute Gasteiger partial charge is 0.0998 e. The van der Waals surface area contributed by atoms with Gasteiger partial charge < -0.3 is 9.13 Å². The highest BCUT2D eigenvalue weighted by atomic mass is 15.0. The second-order valence-corrected chi connectivity index (χ2v) is 11.6. The first-order valence-electron chi connectivity index (χ1n) is 15.5. The van der Waals surface area contributed by atoms with Crippen molar-refractivity contribution in [3.8, 4) is 39.7 Å². The monoisotopic (exact) mass is 585 g/mol. The number of hydrogen-bond acceptors (Lipinski definition) is 1. The van der Waals surface area contributed by atoms with Crippen LogP contribution in [0.5, 0.6) is 0 Å². The van der Waals surface area contributed by atoms with Gasteiger partial charge >= 0.3 is 0 Å². The van der Waals surface area contributed by atoms with Crippen LogP contribution < -0.4 is 0 Å². The molecule has 214 valence electrons. The van der Waals surface area contributed by atoms with Crippen molar-refractivity contribution in [3.05, 3.63) is 169 Å². The highest BCUT2D eigenvalue weighted by Crippen LogP contribution is 2.44. The Hall–Kier alpha value is -6.37. The molecule has 0 saturated carbocycles. The summed E-state index contributed by atoms with van der Waals surface area (Å²) in [6.45, 7) is 0. The van der Waals surface area contributed by atoms with Gasteiger partial charge in [0.1, 0.15) is 0 Å². The molecule has 0 atom stereocenters. The molecular formula is C43H27N3. The van der Waals surface area contributed by atoms with Gasteiger partial charge in [-0.15, -0.1) is 0 Å². The van der Waals surface area contributed by atoms with Gasteiger partial charge in [0.05, 0.1) is 39.4 Å². The molecule has 0 aliphatic heterocycles. The predicted molar refractivity (Wildman–Crippen MR) is 191 cm³/mol. The first-order chi connectivity index (χ1) is 22.8. The van der Waals surface area contributed by atoms with Gasteiger partial charge in [-0.3, -0.25) is 0 Å². The maximum Gasteiger partial charge on any atom is 0.0998 e. The van der Waals surface area contributed by atoms with E-state index >= 15 is 0 Å². The van der Waals surface area contributed by atoms with Crippen molar-refractivity contribution in [2.24, 2.45) is 0 Å². The Morgan fingerprint density at radius 2 is 0.848 bits per heavy atom. The van der Waals surface area contributed by atoms with Crippen LogP contribution in [0.2, 0.25) is 0 Å². The van der Waals surface area contributed by atoms with Crippen LogP contribution in [0.25, 0.3) is 77.2 Å². The summed E-state index contributed by atoms with van der Waals surface area (Å²) in [6, 6.07) is 60.1. The van der Waals surface area contributed by atoms with E-state index in [0.29, 0.717) is 5.56 Å². The first kappa shape index (κ1) is 26.1. The lowest BCUT2D eigenvalue weighted by molar-refractivity contribution is 1.17. The number of aromatic nitrogens is 2. The molecule has 46 heavy (non-hydrogen) atoms. The molecule has 9 rings (SSSR count). The molecule has 2 aromatic heterocycles. The minimum absolute atomic E-state index is 0.660. The molecule has 3 heteroatoms. The Labute approximate surface area is 266 Å². The van der Waals surface area contributed by atoms with Crippen LogP contribution in [-0.2, 0) is 0 Å². The summed E-state index contributed by atoms with van der Waals surface area (Å²) in [6.07, 6.45) is 0. The third-order valence-corrected chi connectivity index (χ3v) is 9.18. The molecule has 0 unspecified atom stereocenters.